The highest BCUT2D eigenvalue weighted by atomic mass is 16.5. The van der Waals surface area contributed by atoms with Crippen LogP contribution in [0.5, 0.6) is 0 Å². The van der Waals surface area contributed by atoms with E-state index in [0.29, 0.717) is 6.54 Å². The fourth-order valence-electron chi connectivity index (χ4n) is 3.04. The second kappa shape index (κ2) is 8.04. The molecule has 0 N–H and O–H groups in total. The third-order valence-electron chi connectivity index (χ3n) is 4.46. The minimum Gasteiger partial charge on any atom is -0.451 e. The Hall–Kier alpha value is -3.48. The normalized spacial score (nSPS) is 13.9. The summed E-state index contributed by atoms with van der Waals surface area (Å²) < 4.78 is 5.15. The molecule has 2 aromatic carbocycles. The molecule has 2 aromatic rings. The molecule has 28 heavy (non-hydrogen) atoms. The zero-order valence-corrected chi connectivity index (χ0v) is 15.6. The first-order valence-electron chi connectivity index (χ1n) is 8.82. The molecule has 0 aliphatic carbocycles. The van der Waals surface area contributed by atoms with Gasteiger partial charge < -0.3 is 9.64 Å². The van der Waals surface area contributed by atoms with Crippen LogP contribution in [0.15, 0.2) is 54.6 Å². The van der Waals surface area contributed by atoms with Gasteiger partial charge >= 0.3 is 5.97 Å². The summed E-state index contributed by atoms with van der Waals surface area (Å²) in [5.74, 6) is -2.28. The van der Waals surface area contributed by atoms with Crippen molar-refractivity contribution in [3.05, 3.63) is 71.3 Å². The van der Waals surface area contributed by atoms with Crippen LogP contribution >= 0.6 is 0 Å². The van der Waals surface area contributed by atoms with Gasteiger partial charge in [-0.2, -0.15) is 0 Å². The molecule has 1 atom stereocenters. The van der Waals surface area contributed by atoms with Gasteiger partial charge in [-0.25, -0.2) is 0 Å². The van der Waals surface area contributed by atoms with Crippen molar-refractivity contribution in [2.45, 2.75) is 19.6 Å². The van der Waals surface area contributed by atoms with Crippen LogP contribution in [-0.4, -0.2) is 53.2 Å². The molecule has 1 heterocycles. The molecule has 0 fully saturated rings. The Bertz CT molecular complexity index is 890. The zero-order chi connectivity index (χ0) is 20.3. The first-order chi connectivity index (χ1) is 13.4. The zero-order valence-electron chi connectivity index (χ0n) is 15.6. The maximum Gasteiger partial charge on any atom is 0.326 e. The fraction of sp³-hybridized carbons (Fsp3) is 0.238. The van der Waals surface area contributed by atoms with Gasteiger partial charge in [-0.3, -0.25) is 24.1 Å². The molecule has 144 valence electrons. The number of likely N-dealkylation sites (N-methyl/N-ethyl adjacent to an activating group) is 1. The highest BCUT2D eigenvalue weighted by Gasteiger charge is 2.37. The number of carbonyl (C=O) groups excluding carboxylic acids is 4. The molecule has 3 rings (SSSR count). The standard InChI is InChI=1S/C21H20N2O5/c1-14(19(25)22(2)12-15-8-4-3-5-9-15)28-18(24)13-23-20(26)16-10-6-7-11-17(16)21(23)27/h3-11,14H,12-13H2,1-2H3/t14-/m0/s1. The van der Waals surface area contributed by atoms with E-state index in [1.165, 1.54) is 24.0 Å². The first-order valence-corrected chi connectivity index (χ1v) is 8.82. The Balaban J connectivity index is 1.57. The van der Waals surface area contributed by atoms with Gasteiger partial charge in [-0.05, 0) is 24.6 Å². The van der Waals surface area contributed by atoms with Crippen molar-refractivity contribution >= 4 is 23.7 Å². The van der Waals surface area contributed by atoms with E-state index in [0.717, 1.165) is 10.5 Å². The van der Waals surface area contributed by atoms with Gasteiger partial charge in [0.2, 0.25) is 0 Å². The second-order valence-electron chi connectivity index (χ2n) is 6.55. The molecule has 7 heteroatoms. The SMILES string of the molecule is C[C@H](OC(=O)CN1C(=O)c2ccccc2C1=O)C(=O)N(C)Cc1ccccc1. The third-order valence-corrected chi connectivity index (χ3v) is 4.46. The fourth-order valence-corrected chi connectivity index (χ4v) is 3.04. The highest BCUT2D eigenvalue weighted by molar-refractivity contribution is 6.22. The molecular weight excluding hydrogens is 360 g/mol. The molecule has 0 saturated carbocycles. The van der Waals surface area contributed by atoms with Crippen molar-refractivity contribution in [3.63, 3.8) is 0 Å². The lowest BCUT2D eigenvalue weighted by Gasteiger charge is -2.22. The summed E-state index contributed by atoms with van der Waals surface area (Å²) in [7, 11) is 1.61. The minimum absolute atomic E-state index is 0.256. The van der Waals surface area contributed by atoms with Crippen molar-refractivity contribution in [3.8, 4) is 0 Å². The van der Waals surface area contributed by atoms with E-state index >= 15 is 0 Å². The molecule has 1 aliphatic heterocycles. The molecule has 3 amide bonds. The third kappa shape index (κ3) is 3.93. The second-order valence-corrected chi connectivity index (χ2v) is 6.55. The topological polar surface area (TPSA) is 84.0 Å². The highest BCUT2D eigenvalue weighted by Crippen LogP contribution is 2.22. The number of rotatable bonds is 6. The number of amides is 3. The Labute approximate surface area is 162 Å². The first kappa shape index (κ1) is 19.3. The van der Waals surface area contributed by atoms with Crippen molar-refractivity contribution in [1.82, 2.24) is 9.80 Å². The Morgan fingerprint density at radius 1 is 0.964 bits per heavy atom. The number of carbonyl (C=O) groups is 4. The van der Waals surface area contributed by atoms with Crippen LogP contribution in [0.2, 0.25) is 0 Å². The Morgan fingerprint density at radius 3 is 2.07 bits per heavy atom. The Morgan fingerprint density at radius 2 is 1.50 bits per heavy atom. The van der Waals surface area contributed by atoms with Gasteiger partial charge in [0, 0.05) is 13.6 Å². The van der Waals surface area contributed by atoms with E-state index in [9.17, 15) is 19.2 Å². The molecule has 0 bridgehead atoms. The quantitative estimate of drug-likeness (QED) is 0.564. The number of imide groups is 1. The monoisotopic (exact) mass is 380 g/mol. The van der Waals surface area contributed by atoms with Crippen LogP contribution in [0.25, 0.3) is 0 Å². The predicted octanol–water partition coefficient (Wildman–Crippen LogP) is 1.87. The minimum atomic E-state index is -1.03. The summed E-state index contributed by atoms with van der Waals surface area (Å²) in [4.78, 5) is 51.5. The van der Waals surface area contributed by atoms with E-state index in [-0.39, 0.29) is 17.0 Å². The van der Waals surface area contributed by atoms with E-state index < -0.39 is 30.4 Å². The Kier molecular flexibility index (Phi) is 5.54. The van der Waals surface area contributed by atoms with Crippen LogP contribution < -0.4 is 0 Å². The summed E-state index contributed by atoms with van der Waals surface area (Å²) in [6, 6.07) is 15.8. The number of ether oxygens (including phenoxy) is 1. The molecule has 1 aliphatic rings. The lowest BCUT2D eigenvalue weighted by atomic mass is 10.1. The lowest BCUT2D eigenvalue weighted by Crippen LogP contribution is -2.41. The van der Waals surface area contributed by atoms with Crippen molar-refractivity contribution in [2.75, 3.05) is 13.6 Å². The average molecular weight is 380 g/mol. The average Bonchev–Trinajstić information content (AvgIpc) is 2.93. The summed E-state index contributed by atoms with van der Waals surface area (Å²) in [6.45, 7) is 1.30. The number of esters is 1. The van der Waals surface area contributed by atoms with Crippen LogP contribution in [0.1, 0.15) is 33.2 Å². The summed E-state index contributed by atoms with van der Waals surface area (Å²) in [5.41, 5.74) is 1.46. The van der Waals surface area contributed by atoms with Crippen LogP contribution in [-0.2, 0) is 20.9 Å². The van der Waals surface area contributed by atoms with Gasteiger partial charge in [0.1, 0.15) is 6.54 Å². The van der Waals surface area contributed by atoms with Crippen molar-refractivity contribution in [1.29, 1.82) is 0 Å². The van der Waals surface area contributed by atoms with Gasteiger partial charge in [0.15, 0.2) is 6.10 Å². The molecule has 0 aromatic heterocycles. The number of fused-ring (bicyclic) bond motifs is 1. The van der Waals surface area contributed by atoms with E-state index in [1.54, 1.807) is 19.2 Å². The maximum absolute atomic E-state index is 12.4. The summed E-state index contributed by atoms with van der Waals surface area (Å²) >= 11 is 0. The van der Waals surface area contributed by atoms with Gasteiger partial charge in [-0.1, -0.05) is 42.5 Å². The van der Waals surface area contributed by atoms with Gasteiger partial charge in [0.05, 0.1) is 11.1 Å². The largest absolute Gasteiger partial charge is 0.451 e. The summed E-state index contributed by atoms with van der Waals surface area (Å²) in [5, 5.41) is 0. The maximum atomic E-state index is 12.4. The van der Waals surface area contributed by atoms with E-state index in [4.69, 9.17) is 4.74 Å². The number of hydrogen-bond acceptors (Lipinski definition) is 5. The number of hydrogen-bond donors (Lipinski definition) is 0. The molecule has 7 nitrogen and oxygen atoms in total. The molecule has 0 saturated heterocycles. The molecule has 0 radical (unpaired) electrons. The predicted molar refractivity (Wildman–Crippen MR) is 100 cm³/mol. The molecule has 0 unspecified atom stereocenters. The van der Waals surface area contributed by atoms with Crippen LogP contribution in [0.4, 0.5) is 0 Å². The van der Waals surface area contributed by atoms with Crippen molar-refractivity contribution < 1.29 is 23.9 Å². The lowest BCUT2D eigenvalue weighted by molar-refractivity contribution is -0.158. The van der Waals surface area contributed by atoms with E-state index in [2.05, 4.69) is 0 Å². The van der Waals surface area contributed by atoms with Crippen molar-refractivity contribution in [2.24, 2.45) is 0 Å². The van der Waals surface area contributed by atoms with Gasteiger partial charge in [-0.15, -0.1) is 0 Å². The van der Waals surface area contributed by atoms with Crippen LogP contribution in [0, 0.1) is 0 Å². The van der Waals surface area contributed by atoms with Gasteiger partial charge in [0.25, 0.3) is 17.7 Å². The smallest absolute Gasteiger partial charge is 0.326 e. The molecule has 0 spiro atoms. The van der Waals surface area contributed by atoms with Crippen LogP contribution in [0.3, 0.4) is 0 Å². The summed E-state index contributed by atoms with van der Waals surface area (Å²) in [6.07, 6.45) is -1.03. The number of benzene rings is 2. The molecular formula is C21H20N2O5. The van der Waals surface area contributed by atoms with E-state index in [1.807, 2.05) is 30.3 Å². The number of nitrogens with zero attached hydrogens (tertiary/aromatic N) is 2.